The second-order valence-electron chi connectivity index (χ2n) is 1.71. The first kappa shape index (κ1) is 14.1. The van der Waals surface area contributed by atoms with Crippen molar-refractivity contribution in [3.63, 3.8) is 0 Å². The Balaban J connectivity index is 0. The Hall–Kier alpha value is 0.543. The van der Waals surface area contributed by atoms with Gasteiger partial charge < -0.3 is 17.0 Å². The van der Waals surface area contributed by atoms with Crippen LogP contribution in [0.25, 0.3) is 0 Å². The molecule has 57 valence electrons. The van der Waals surface area contributed by atoms with Crippen molar-refractivity contribution in [3.8, 4) is 0 Å². The Morgan fingerprint density at radius 1 is 1.45 bits per heavy atom. The van der Waals surface area contributed by atoms with E-state index >= 15 is 0 Å². The summed E-state index contributed by atoms with van der Waals surface area (Å²) in [5.74, 6) is 0. The molecule has 0 nitrogen and oxygen atoms in total. The minimum Gasteiger partial charge on any atom is -1.00 e. The minimum absolute atomic E-state index is 0. The number of hydrogen-bond donors (Lipinski definition) is 0. The third-order valence-corrected chi connectivity index (χ3v) is 1.32. The average molecular weight is 289 g/mol. The van der Waals surface area contributed by atoms with Crippen molar-refractivity contribution in [2.75, 3.05) is 0 Å². The van der Waals surface area contributed by atoms with Crippen molar-refractivity contribution in [2.45, 2.75) is 0 Å². The summed E-state index contributed by atoms with van der Waals surface area (Å²) in [6.45, 7) is 3.42. The van der Waals surface area contributed by atoms with Crippen LogP contribution >= 0.6 is 11.6 Å². The molecule has 0 saturated carbocycles. The largest absolute Gasteiger partial charge is 1.00 e. The third-order valence-electron chi connectivity index (χ3n) is 1.03. The van der Waals surface area contributed by atoms with E-state index in [4.69, 9.17) is 11.6 Å². The first-order valence-corrected chi connectivity index (χ1v) is 2.85. The van der Waals surface area contributed by atoms with E-state index < -0.39 is 6.17 Å². The van der Waals surface area contributed by atoms with Crippen molar-refractivity contribution in [1.29, 1.82) is 0 Å². The predicted octanol–water partition coefficient (Wildman–Crippen LogP) is -0.262. The Kier molecular flexibility index (Phi) is 7.82. The van der Waals surface area contributed by atoms with Gasteiger partial charge in [-0.3, -0.25) is 0 Å². The summed E-state index contributed by atoms with van der Waals surface area (Å²) in [5, 5.41) is 0.127. The van der Waals surface area contributed by atoms with Crippen LogP contribution in [-0.4, -0.2) is 0 Å². The predicted molar refractivity (Wildman–Crippen MR) is 36.6 cm³/mol. The van der Waals surface area contributed by atoms with Gasteiger partial charge in [0.1, 0.15) is 0 Å². The van der Waals surface area contributed by atoms with Crippen LogP contribution < -0.4 is 17.0 Å². The van der Waals surface area contributed by atoms with E-state index in [-0.39, 0.29) is 41.5 Å². The zero-order valence-electron chi connectivity index (χ0n) is 5.78. The molecule has 1 rings (SSSR count). The molecule has 4 heteroatoms. The normalized spacial score (nSPS) is 16.5. The van der Waals surface area contributed by atoms with Gasteiger partial charge in [0.05, 0.1) is 5.03 Å². The zero-order valence-corrected chi connectivity index (χ0v) is 11.1. The van der Waals surface area contributed by atoms with Gasteiger partial charge in [-0.25, -0.2) is 4.39 Å². The van der Waals surface area contributed by atoms with Gasteiger partial charge in [-0.1, -0.05) is 30.3 Å². The fraction of sp³-hybridized carbons (Fsp3) is 0. The zero-order chi connectivity index (χ0) is 6.85. The molecule has 1 radical (unpaired) electrons. The quantitative estimate of drug-likeness (QED) is 0.539. The Labute approximate surface area is 93.7 Å². The molecule has 0 saturated heterocycles. The molecule has 0 bridgehead atoms. The molecule has 0 aromatic carbocycles. The molecule has 1 aliphatic carbocycles. The Morgan fingerprint density at radius 2 is 2.00 bits per heavy atom. The van der Waals surface area contributed by atoms with Crippen molar-refractivity contribution >= 4 is 11.6 Å². The van der Waals surface area contributed by atoms with E-state index in [9.17, 15) is 4.39 Å². The summed E-state index contributed by atoms with van der Waals surface area (Å²) < 4.78 is 12.5. The van der Waals surface area contributed by atoms with Crippen molar-refractivity contribution in [1.82, 2.24) is 0 Å². The number of hydrogen-bond acceptors (Lipinski definition) is 0. The van der Waals surface area contributed by atoms with Gasteiger partial charge in [0.15, 0.2) is 0 Å². The summed E-state index contributed by atoms with van der Waals surface area (Å²) in [7, 11) is 0. The fourth-order valence-corrected chi connectivity index (χ4v) is 0.743. The van der Waals surface area contributed by atoms with Gasteiger partial charge in [0.25, 0.3) is 0 Å². The van der Waals surface area contributed by atoms with E-state index in [1.807, 2.05) is 0 Å². The van der Waals surface area contributed by atoms with Gasteiger partial charge in [0, 0.05) is 19.5 Å². The molecular weight excluding hydrogens is 284 g/mol. The smallest absolute Gasteiger partial charge is 0.213 e. The van der Waals surface area contributed by atoms with Crippen LogP contribution in [0.5, 0.6) is 0 Å². The summed E-state index contributed by atoms with van der Waals surface area (Å²) in [4.78, 5) is 0. The summed E-state index contributed by atoms with van der Waals surface area (Å²) in [6, 6.07) is 0. The minimum atomic E-state index is -0.431. The van der Waals surface area contributed by atoms with Crippen LogP contribution in [-0.2, 0) is 19.5 Å². The molecule has 0 N–H and O–H groups in total. The van der Waals surface area contributed by atoms with Gasteiger partial charge in [0.2, 0.25) is 6.17 Å². The van der Waals surface area contributed by atoms with Crippen LogP contribution in [0.4, 0.5) is 4.39 Å². The maximum atomic E-state index is 12.5. The standard InChI is InChI=1S/C7H5ClF.BrH.Zn/c1-5-3-2-4-6(8)7(5)9;;/h2-4H,1H2;1H;/p-1. The van der Waals surface area contributed by atoms with Crippen molar-refractivity contribution in [3.05, 3.63) is 41.6 Å². The third kappa shape index (κ3) is 3.64. The van der Waals surface area contributed by atoms with E-state index in [1.54, 1.807) is 12.2 Å². The molecular formula is C7H5BrClFZn-. The molecule has 1 aliphatic rings. The van der Waals surface area contributed by atoms with Crippen LogP contribution in [0.15, 0.2) is 35.4 Å². The van der Waals surface area contributed by atoms with Crippen molar-refractivity contribution in [2.24, 2.45) is 0 Å². The molecule has 0 aromatic rings. The molecule has 0 amide bonds. The SMILES string of the molecule is C=C1C=CC=C(Cl)[C]1F.[Br-].[Zn]. The first-order chi connectivity index (χ1) is 4.22. The van der Waals surface area contributed by atoms with Gasteiger partial charge >= 0.3 is 0 Å². The van der Waals surface area contributed by atoms with Crippen LogP contribution in [0.2, 0.25) is 0 Å². The van der Waals surface area contributed by atoms with E-state index in [1.165, 1.54) is 6.08 Å². The first-order valence-electron chi connectivity index (χ1n) is 2.48. The average Bonchev–Trinajstić information content (AvgIpc) is 1.83. The second kappa shape index (κ2) is 6.10. The Bertz CT molecular complexity index is 201. The fourth-order valence-electron chi connectivity index (χ4n) is 0.548. The summed E-state index contributed by atoms with van der Waals surface area (Å²) >= 11 is 5.40. The molecule has 0 aromatic heterocycles. The van der Waals surface area contributed by atoms with E-state index in [0.29, 0.717) is 5.57 Å². The maximum Gasteiger partial charge on any atom is 0.213 e. The second-order valence-corrected chi connectivity index (χ2v) is 2.12. The monoisotopic (exact) mass is 286 g/mol. The Morgan fingerprint density at radius 3 is 2.36 bits per heavy atom. The van der Waals surface area contributed by atoms with E-state index in [0.717, 1.165) is 0 Å². The molecule has 11 heavy (non-hydrogen) atoms. The van der Waals surface area contributed by atoms with Gasteiger partial charge in [-0.15, -0.1) is 0 Å². The van der Waals surface area contributed by atoms with Gasteiger partial charge in [-0.05, 0) is 11.6 Å². The molecule has 0 spiro atoms. The molecule has 0 unspecified atom stereocenters. The number of halogens is 3. The topological polar surface area (TPSA) is 0 Å². The molecule has 0 atom stereocenters. The van der Waals surface area contributed by atoms with E-state index in [2.05, 4.69) is 6.58 Å². The molecule has 0 aliphatic heterocycles. The van der Waals surface area contributed by atoms with Crippen molar-refractivity contribution < 1.29 is 40.8 Å². The molecule has 0 fully saturated rings. The number of allylic oxidation sites excluding steroid dienone is 5. The maximum absolute atomic E-state index is 12.5. The van der Waals surface area contributed by atoms with Gasteiger partial charge in [-0.2, -0.15) is 0 Å². The van der Waals surface area contributed by atoms with Crippen LogP contribution in [0.3, 0.4) is 0 Å². The number of rotatable bonds is 0. The summed E-state index contributed by atoms with van der Waals surface area (Å²) in [6.07, 6.45) is 4.29. The van der Waals surface area contributed by atoms with Crippen LogP contribution in [0, 0.1) is 6.17 Å². The molecule has 0 heterocycles. The summed E-state index contributed by atoms with van der Waals surface area (Å²) in [5.41, 5.74) is 0.336. The van der Waals surface area contributed by atoms with Crippen LogP contribution in [0.1, 0.15) is 0 Å².